The van der Waals surface area contributed by atoms with Gasteiger partial charge in [0, 0.05) is 0 Å². The van der Waals surface area contributed by atoms with Crippen LogP contribution in [0, 0.1) is 0 Å². The summed E-state index contributed by atoms with van der Waals surface area (Å²) in [6, 6.07) is 0. The minimum atomic E-state index is -6.44. The van der Waals surface area contributed by atoms with Gasteiger partial charge in [-0.3, -0.25) is 0 Å². The molecule has 0 radical (unpaired) electrons. The van der Waals surface area contributed by atoms with Crippen LogP contribution in [0.2, 0.25) is 0 Å². The Hall–Kier alpha value is -0.300. The Kier molecular flexibility index (Phi) is 5.98. The lowest BCUT2D eigenvalue weighted by Gasteiger charge is -2.53. The van der Waals surface area contributed by atoms with Crippen LogP contribution >= 0.6 is 10.9 Å². The largest absolute Gasteiger partial charge is 0.462 e. The van der Waals surface area contributed by atoms with E-state index < -0.39 is 29.1 Å². The maximum Gasteiger partial charge on any atom is 0.462 e. The van der Waals surface area contributed by atoms with E-state index in [0.717, 1.165) is 12.9 Å². The van der Waals surface area contributed by atoms with Crippen molar-refractivity contribution in [1.82, 2.24) is 12.9 Å². The van der Waals surface area contributed by atoms with Gasteiger partial charge in [-0.2, -0.15) is 30.7 Å². The molecule has 0 aromatic carbocycles. The number of rotatable bonds is 6. The van der Waals surface area contributed by atoms with Crippen molar-refractivity contribution >= 4 is 10.9 Å². The molecule has 0 unspecified atom stereocenters. The maximum absolute atomic E-state index is 13.5. The Balaban J connectivity index is 5.85. The molecule has 0 aliphatic rings. The van der Waals surface area contributed by atoms with E-state index in [1.165, 1.54) is 42.3 Å². The van der Waals surface area contributed by atoms with Crippen LogP contribution in [-0.2, 0) is 4.18 Å². The molecule has 0 atom stereocenters. The Labute approximate surface area is 120 Å². The molecule has 0 aromatic heterocycles. The van der Waals surface area contributed by atoms with Crippen molar-refractivity contribution in [2.75, 3.05) is 42.3 Å². The fourth-order valence-corrected chi connectivity index (χ4v) is 4.35. The molecule has 0 aliphatic carbocycles. The Morgan fingerprint density at radius 3 is 1.14 bits per heavy atom. The second kappa shape index (κ2) is 6.07. The molecule has 0 rings (SSSR count). The molecule has 0 N–H and O–H groups in total. The van der Waals surface area contributed by atoms with Gasteiger partial charge in [0.15, 0.2) is 0 Å². The molecule has 21 heavy (non-hydrogen) atoms. The molecule has 0 saturated carbocycles. The zero-order valence-electron chi connectivity index (χ0n) is 12.3. The average molecular weight is 349 g/mol. The summed E-state index contributed by atoms with van der Waals surface area (Å²) in [5.74, 6) is -6.32. The first-order valence-electron chi connectivity index (χ1n) is 5.42. The summed E-state index contributed by atoms with van der Waals surface area (Å²) in [6.07, 6.45) is -12.2. The summed E-state index contributed by atoms with van der Waals surface area (Å²) in [5.41, 5.74) is 0. The predicted octanol–water partition coefficient (Wildman–Crippen LogP) is 2.94. The molecule has 0 heterocycles. The summed E-state index contributed by atoms with van der Waals surface area (Å²) in [5, 5.41) is 0. The van der Waals surface area contributed by atoms with Crippen LogP contribution in [0.3, 0.4) is 0 Å². The van der Waals surface area contributed by atoms with E-state index in [2.05, 4.69) is 4.18 Å². The highest BCUT2D eigenvalue weighted by Gasteiger charge is 2.76. The van der Waals surface area contributed by atoms with E-state index in [1.807, 2.05) is 0 Å². The summed E-state index contributed by atoms with van der Waals surface area (Å²) >= 11 is 0. The minimum absolute atomic E-state index is 1.02. The van der Waals surface area contributed by atoms with Crippen LogP contribution in [0.1, 0.15) is 0 Å². The second-order valence-corrected chi connectivity index (χ2v) is 7.87. The summed E-state index contributed by atoms with van der Waals surface area (Å²) in [4.78, 5) is 0. The van der Waals surface area contributed by atoms with E-state index in [9.17, 15) is 30.7 Å². The van der Waals surface area contributed by atoms with Gasteiger partial charge in [0.05, 0.1) is 10.9 Å². The summed E-state index contributed by atoms with van der Waals surface area (Å²) in [7, 11) is 4.02. The average Bonchev–Trinajstić information content (AvgIpc) is 2.22. The Bertz CT molecular complexity index is 338. The van der Waals surface area contributed by atoms with Crippen molar-refractivity contribution in [1.29, 1.82) is 0 Å². The molecular weight excluding hydrogens is 331 g/mol. The SMILES string of the molecule is CN(C)S(OC(F)(F)C(F)(F)C(F)(F)F)(N(C)C)N(C)C. The molecule has 4 nitrogen and oxygen atoms in total. The third-order valence-electron chi connectivity index (χ3n) is 2.37. The summed E-state index contributed by atoms with van der Waals surface area (Å²) in [6.45, 7) is 0. The van der Waals surface area contributed by atoms with E-state index >= 15 is 0 Å². The quantitative estimate of drug-likeness (QED) is 0.687. The second-order valence-electron chi connectivity index (χ2n) is 4.58. The monoisotopic (exact) mass is 349 g/mol. The molecule has 0 fully saturated rings. The van der Waals surface area contributed by atoms with Crippen molar-refractivity contribution in [2.45, 2.75) is 18.2 Å². The highest BCUT2D eigenvalue weighted by atomic mass is 32.3. The van der Waals surface area contributed by atoms with Gasteiger partial charge in [0.2, 0.25) is 0 Å². The van der Waals surface area contributed by atoms with Crippen LogP contribution in [0.5, 0.6) is 0 Å². The van der Waals surface area contributed by atoms with Crippen molar-refractivity contribution < 1.29 is 34.9 Å². The van der Waals surface area contributed by atoms with E-state index in [4.69, 9.17) is 0 Å². The highest BCUT2D eigenvalue weighted by Crippen LogP contribution is 2.61. The molecule has 12 heteroatoms. The van der Waals surface area contributed by atoms with E-state index in [1.54, 1.807) is 0 Å². The van der Waals surface area contributed by atoms with E-state index in [0.29, 0.717) is 0 Å². The van der Waals surface area contributed by atoms with Gasteiger partial charge in [-0.1, -0.05) is 0 Å². The molecule has 0 amide bonds. The number of alkyl halides is 7. The van der Waals surface area contributed by atoms with Crippen molar-refractivity contribution in [3.05, 3.63) is 0 Å². The van der Waals surface area contributed by atoms with Crippen LogP contribution in [-0.4, -0.2) is 73.4 Å². The van der Waals surface area contributed by atoms with Crippen LogP contribution < -0.4 is 0 Å². The van der Waals surface area contributed by atoms with Crippen LogP contribution in [0.4, 0.5) is 30.7 Å². The zero-order chi connectivity index (χ0) is 17.4. The smallest absolute Gasteiger partial charge is 0.229 e. The van der Waals surface area contributed by atoms with Gasteiger partial charge >= 0.3 is 18.2 Å². The first-order chi connectivity index (χ1) is 9.04. The molecule has 0 spiro atoms. The normalized spacial score (nSPS) is 16.2. The molecule has 130 valence electrons. The predicted molar refractivity (Wildman–Crippen MR) is 65.7 cm³/mol. The highest BCUT2D eigenvalue weighted by molar-refractivity contribution is 8.23. The number of nitrogens with zero attached hydrogens (tertiary/aromatic N) is 3. The third-order valence-corrected chi connectivity index (χ3v) is 5.65. The third kappa shape index (κ3) is 3.55. The molecular formula is C9H18F7N3OS. The standard InChI is InChI=1S/C9H18F7N3OS/c1-17(2)21(18(3)4,19(5)6)20-9(15,16)7(10,11)8(12,13)14/h1-6H3. The van der Waals surface area contributed by atoms with Gasteiger partial charge in [0.25, 0.3) is 0 Å². The number of hydrogen-bond acceptors (Lipinski definition) is 4. The van der Waals surface area contributed by atoms with Crippen LogP contribution in [0.15, 0.2) is 0 Å². The topological polar surface area (TPSA) is 19.0 Å². The summed E-state index contributed by atoms with van der Waals surface area (Å²) < 4.78 is 96.6. The van der Waals surface area contributed by atoms with Gasteiger partial charge < -0.3 is 0 Å². The zero-order valence-corrected chi connectivity index (χ0v) is 13.1. The van der Waals surface area contributed by atoms with Gasteiger partial charge in [0.1, 0.15) is 0 Å². The first kappa shape index (κ1) is 20.7. The first-order valence-corrected chi connectivity index (χ1v) is 6.85. The van der Waals surface area contributed by atoms with Crippen molar-refractivity contribution in [2.24, 2.45) is 0 Å². The van der Waals surface area contributed by atoms with Gasteiger partial charge in [-0.25, -0.2) is 17.1 Å². The Morgan fingerprint density at radius 2 is 0.952 bits per heavy atom. The lowest BCUT2D eigenvalue weighted by Crippen LogP contribution is -2.56. The lowest BCUT2D eigenvalue weighted by atomic mass is 10.3. The maximum atomic E-state index is 13.5. The van der Waals surface area contributed by atoms with Crippen molar-refractivity contribution in [3.8, 4) is 0 Å². The van der Waals surface area contributed by atoms with Gasteiger partial charge in [-0.05, 0) is 42.3 Å². The Morgan fingerprint density at radius 1 is 0.667 bits per heavy atom. The number of hydrogen-bond donors (Lipinski definition) is 0. The van der Waals surface area contributed by atoms with Crippen LogP contribution in [0.25, 0.3) is 0 Å². The molecule has 0 bridgehead atoms. The molecule has 0 aliphatic heterocycles. The molecule has 0 saturated heterocycles. The van der Waals surface area contributed by atoms with Crippen molar-refractivity contribution in [3.63, 3.8) is 0 Å². The fourth-order valence-electron chi connectivity index (χ4n) is 1.56. The van der Waals surface area contributed by atoms with Gasteiger partial charge in [-0.15, -0.1) is 0 Å². The fraction of sp³-hybridized carbons (Fsp3) is 1.00. The number of halogens is 7. The van der Waals surface area contributed by atoms with E-state index in [-0.39, 0.29) is 0 Å². The lowest BCUT2D eigenvalue weighted by molar-refractivity contribution is -0.403. The molecule has 0 aromatic rings. The minimum Gasteiger partial charge on any atom is -0.229 e.